The summed E-state index contributed by atoms with van der Waals surface area (Å²) < 4.78 is 9.04. The lowest BCUT2D eigenvalue weighted by Gasteiger charge is -2.00. The molecule has 0 radical (unpaired) electrons. The lowest BCUT2D eigenvalue weighted by Crippen LogP contribution is -2.19. The highest BCUT2D eigenvalue weighted by atomic mass is 16.8. The van der Waals surface area contributed by atoms with E-state index in [0.29, 0.717) is 0 Å². The molecule has 2 aromatic heterocycles. The van der Waals surface area contributed by atoms with Gasteiger partial charge in [0.25, 0.3) is 0 Å². The van der Waals surface area contributed by atoms with Gasteiger partial charge in [-0.05, 0) is 0 Å². The van der Waals surface area contributed by atoms with Crippen molar-refractivity contribution in [2.75, 3.05) is 14.2 Å². The molecule has 0 N–H and O–H groups in total. The first-order valence-electron chi connectivity index (χ1n) is 5.09. The minimum absolute atomic E-state index is 0.225. The topological polar surface area (TPSA) is 97.5 Å². The quantitative estimate of drug-likeness (QED) is 0.691. The van der Waals surface area contributed by atoms with Crippen LogP contribution in [0.2, 0.25) is 0 Å². The van der Waals surface area contributed by atoms with Crippen molar-refractivity contribution in [1.82, 2.24) is 19.9 Å². The van der Waals surface area contributed by atoms with Gasteiger partial charge in [0.1, 0.15) is 11.1 Å². The monoisotopic (exact) mass is 266 g/mol. The number of aromatic nitrogens is 4. The second kappa shape index (κ2) is 5.21. The molecule has 0 aliphatic carbocycles. The third-order valence-electron chi connectivity index (χ3n) is 2.13. The second-order valence-corrected chi connectivity index (χ2v) is 3.33. The highest BCUT2D eigenvalue weighted by molar-refractivity contribution is 5.89. The van der Waals surface area contributed by atoms with Crippen molar-refractivity contribution < 1.29 is 24.0 Å². The van der Waals surface area contributed by atoms with Crippen molar-refractivity contribution in [2.45, 2.75) is 0 Å². The highest BCUT2D eigenvalue weighted by Crippen LogP contribution is 2.01. The molecule has 2 aromatic rings. The molecule has 0 saturated heterocycles. The predicted octanol–water partition coefficient (Wildman–Crippen LogP) is -0.455. The summed E-state index contributed by atoms with van der Waals surface area (Å²) in [5.74, 6) is -1.07. The number of carbonyl (C=O) groups excluding carboxylic acids is 2. The summed E-state index contributed by atoms with van der Waals surface area (Å²) >= 11 is 0. The average molecular weight is 266 g/mol. The van der Waals surface area contributed by atoms with Gasteiger partial charge < -0.3 is 9.47 Å². The van der Waals surface area contributed by atoms with E-state index in [2.05, 4.69) is 19.7 Å². The van der Waals surface area contributed by atoms with Gasteiger partial charge in [-0.15, -0.1) is 10.2 Å². The number of ether oxygens (including phenoxy) is 2. The van der Waals surface area contributed by atoms with Crippen molar-refractivity contribution in [3.8, 4) is 0 Å². The van der Waals surface area contributed by atoms with E-state index in [1.807, 2.05) is 0 Å². The molecule has 19 heavy (non-hydrogen) atoms. The Labute approximate surface area is 107 Å². The Morgan fingerprint density at radius 3 is 1.74 bits per heavy atom. The van der Waals surface area contributed by atoms with E-state index in [4.69, 9.17) is 4.94 Å². The maximum Gasteiger partial charge on any atom is 0.341 e. The summed E-state index contributed by atoms with van der Waals surface area (Å²) in [5, 5.41) is 7.54. The molecule has 0 spiro atoms. The van der Waals surface area contributed by atoms with Gasteiger partial charge in [-0.3, -0.25) is 0 Å². The second-order valence-electron chi connectivity index (χ2n) is 3.33. The zero-order valence-corrected chi connectivity index (χ0v) is 10.1. The van der Waals surface area contributed by atoms with Crippen LogP contribution < -0.4 is 4.94 Å². The minimum Gasteiger partial charge on any atom is -0.465 e. The largest absolute Gasteiger partial charge is 0.465 e. The SMILES string of the molecule is COC(=O)c1cnn(On2cc(C(=O)OC)cn2)c1. The van der Waals surface area contributed by atoms with Crippen molar-refractivity contribution in [3.63, 3.8) is 0 Å². The van der Waals surface area contributed by atoms with Gasteiger partial charge in [-0.1, -0.05) is 9.69 Å². The number of rotatable bonds is 4. The fourth-order valence-corrected chi connectivity index (χ4v) is 1.23. The molecule has 0 aromatic carbocycles. The van der Waals surface area contributed by atoms with Crippen LogP contribution in [0.15, 0.2) is 24.8 Å². The molecule has 2 rings (SSSR count). The molecular weight excluding hydrogens is 256 g/mol. The summed E-state index contributed by atoms with van der Waals surface area (Å²) in [5.41, 5.74) is 0.450. The molecule has 0 amide bonds. The van der Waals surface area contributed by atoms with Gasteiger partial charge in [0, 0.05) is 0 Å². The lowest BCUT2D eigenvalue weighted by atomic mass is 10.4. The molecule has 0 fully saturated rings. The summed E-state index contributed by atoms with van der Waals surface area (Å²) in [4.78, 5) is 29.5. The molecule has 9 nitrogen and oxygen atoms in total. The predicted molar refractivity (Wildman–Crippen MR) is 59.1 cm³/mol. The van der Waals surface area contributed by atoms with E-state index in [0.717, 1.165) is 9.69 Å². The molecule has 2 heterocycles. The van der Waals surface area contributed by atoms with E-state index >= 15 is 0 Å². The Morgan fingerprint density at radius 1 is 0.947 bits per heavy atom. The number of hydrogen-bond acceptors (Lipinski definition) is 7. The Morgan fingerprint density at radius 2 is 1.37 bits per heavy atom. The maximum atomic E-state index is 11.2. The molecule has 0 aliphatic rings. The van der Waals surface area contributed by atoms with Crippen LogP contribution in [0, 0.1) is 0 Å². The lowest BCUT2D eigenvalue weighted by molar-refractivity contribution is -0.00956. The molecule has 0 saturated carbocycles. The number of esters is 2. The van der Waals surface area contributed by atoms with Crippen LogP contribution in [0.1, 0.15) is 20.7 Å². The highest BCUT2D eigenvalue weighted by Gasteiger charge is 2.11. The van der Waals surface area contributed by atoms with Crippen molar-refractivity contribution in [1.29, 1.82) is 0 Å². The van der Waals surface area contributed by atoms with E-state index in [1.165, 1.54) is 39.0 Å². The Bertz CT molecular complexity index is 550. The van der Waals surface area contributed by atoms with Crippen molar-refractivity contribution in [3.05, 3.63) is 35.9 Å². The fourth-order valence-electron chi connectivity index (χ4n) is 1.23. The smallest absolute Gasteiger partial charge is 0.341 e. The van der Waals surface area contributed by atoms with Crippen LogP contribution in [-0.2, 0) is 9.47 Å². The van der Waals surface area contributed by atoms with Gasteiger partial charge in [0.2, 0.25) is 0 Å². The van der Waals surface area contributed by atoms with Crippen LogP contribution >= 0.6 is 0 Å². The normalized spacial score (nSPS) is 10.0. The maximum absolute atomic E-state index is 11.2. The Hall–Kier alpha value is -2.84. The van der Waals surface area contributed by atoms with Crippen LogP contribution in [0.4, 0.5) is 0 Å². The molecule has 0 unspecified atom stereocenters. The van der Waals surface area contributed by atoms with Crippen LogP contribution in [0.5, 0.6) is 0 Å². The van der Waals surface area contributed by atoms with Gasteiger partial charge in [-0.25, -0.2) is 14.5 Å². The number of carbonyl (C=O) groups is 2. The first-order valence-corrected chi connectivity index (χ1v) is 5.09. The van der Waals surface area contributed by atoms with E-state index in [1.54, 1.807) is 0 Å². The average Bonchev–Trinajstić information content (AvgIpc) is 3.07. The summed E-state index contributed by atoms with van der Waals surface area (Å²) in [7, 11) is 2.52. The van der Waals surface area contributed by atoms with Gasteiger partial charge in [0.05, 0.1) is 39.0 Å². The molecule has 0 bridgehead atoms. The van der Waals surface area contributed by atoms with Gasteiger partial charge >= 0.3 is 11.9 Å². The minimum atomic E-state index is -0.537. The summed E-state index contributed by atoms with van der Waals surface area (Å²) in [6.07, 6.45) is 5.17. The third-order valence-corrected chi connectivity index (χ3v) is 2.13. The summed E-state index contributed by atoms with van der Waals surface area (Å²) in [6.45, 7) is 0. The molecule has 0 atom stereocenters. The first kappa shape index (κ1) is 12.6. The zero-order chi connectivity index (χ0) is 13.8. The molecule has 100 valence electrons. The van der Waals surface area contributed by atoms with E-state index in [-0.39, 0.29) is 11.1 Å². The fraction of sp³-hybridized carbons (Fsp3) is 0.200. The molecule has 0 aliphatic heterocycles. The number of hydrogen-bond donors (Lipinski definition) is 0. The standard InChI is InChI=1S/C10H10N4O5/c1-17-9(15)7-3-11-13(5-7)19-14-6-8(4-12-14)10(16)18-2/h3-6H,1-2H3. The third kappa shape index (κ3) is 2.70. The number of methoxy groups -OCH3 is 2. The number of nitrogens with zero attached hydrogens (tertiary/aromatic N) is 4. The van der Waals surface area contributed by atoms with Crippen LogP contribution in [0.3, 0.4) is 0 Å². The van der Waals surface area contributed by atoms with Crippen molar-refractivity contribution in [2.24, 2.45) is 0 Å². The molecule has 9 heteroatoms. The Kier molecular flexibility index (Phi) is 3.46. The van der Waals surface area contributed by atoms with Crippen LogP contribution in [0.25, 0.3) is 0 Å². The summed E-state index contributed by atoms with van der Waals surface area (Å²) in [6, 6.07) is 0. The molecular formula is C10H10N4O5. The van der Waals surface area contributed by atoms with Gasteiger partial charge in [-0.2, -0.15) is 0 Å². The van der Waals surface area contributed by atoms with E-state index < -0.39 is 11.9 Å². The Balaban J connectivity index is 2.09. The van der Waals surface area contributed by atoms with Crippen molar-refractivity contribution >= 4 is 11.9 Å². The van der Waals surface area contributed by atoms with Gasteiger partial charge in [0.15, 0.2) is 0 Å². The first-order chi connectivity index (χ1) is 9.13. The van der Waals surface area contributed by atoms with E-state index in [9.17, 15) is 9.59 Å². The zero-order valence-electron chi connectivity index (χ0n) is 10.1. The van der Waals surface area contributed by atoms with Crippen LogP contribution in [-0.4, -0.2) is 46.0 Å².